The van der Waals surface area contributed by atoms with Crippen LogP contribution in [0.4, 0.5) is 35.4 Å². The highest BCUT2D eigenvalue weighted by Gasteiger charge is 2.21. The lowest BCUT2D eigenvalue weighted by molar-refractivity contribution is 0.190. The summed E-state index contributed by atoms with van der Waals surface area (Å²) in [5.41, 5.74) is 0.300. The summed E-state index contributed by atoms with van der Waals surface area (Å²) in [6, 6.07) is 9.64. The number of carbonyl (C=O) groups excluding carboxylic acids is 1. The van der Waals surface area contributed by atoms with E-state index in [0.717, 1.165) is 6.07 Å². The summed E-state index contributed by atoms with van der Waals surface area (Å²) in [7, 11) is 1.57. The number of hydrogen-bond acceptors (Lipinski definition) is 5. The number of halogens is 3. The van der Waals surface area contributed by atoms with Crippen molar-refractivity contribution in [3.63, 3.8) is 0 Å². The SMILES string of the molecule is COC[C@H](C)Nc1nccc(N(C(=O)NCc2cccc(F)c2F)c2ccc(F)cc2)n1. The third-order valence-corrected chi connectivity index (χ3v) is 4.41. The summed E-state index contributed by atoms with van der Waals surface area (Å²) in [6.07, 6.45) is 1.46. The first-order valence-electron chi connectivity index (χ1n) is 9.74. The zero-order valence-corrected chi connectivity index (χ0v) is 17.5. The molecule has 2 aromatic carbocycles. The van der Waals surface area contributed by atoms with Gasteiger partial charge < -0.3 is 15.4 Å². The third-order valence-electron chi connectivity index (χ3n) is 4.41. The molecule has 1 atom stereocenters. The molecule has 0 saturated heterocycles. The first kappa shape index (κ1) is 23.0. The van der Waals surface area contributed by atoms with Crippen LogP contribution in [0.3, 0.4) is 0 Å². The first-order valence-corrected chi connectivity index (χ1v) is 9.74. The molecule has 0 bridgehead atoms. The minimum Gasteiger partial charge on any atom is -0.383 e. The molecule has 0 aliphatic carbocycles. The molecule has 2 amide bonds. The van der Waals surface area contributed by atoms with Crippen LogP contribution in [-0.4, -0.2) is 35.8 Å². The molecule has 2 N–H and O–H groups in total. The van der Waals surface area contributed by atoms with Gasteiger partial charge in [0.2, 0.25) is 5.95 Å². The molecular formula is C22H22F3N5O2. The molecule has 0 radical (unpaired) electrons. The summed E-state index contributed by atoms with van der Waals surface area (Å²) < 4.78 is 45.9. The van der Waals surface area contributed by atoms with E-state index in [9.17, 15) is 18.0 Å². The maximum Gasteiger partial charge on any atom is 0.327 e. The molecular weight excluding hydrogens is 423 g/mol. The molecule has 0 saturated carbocycles. The lowest BCUT2D eigenvalue weighted by atomic mass is 10.2. The number of aromatic nitrogens is 2. The van der Waals surface area contributed by atoms with Gasteiger partial charge in [0.25, 0.3) is 0 Å². The van der Waals surface area contributed by atoms with Crippen molar-refractivity contribution in [1.29, 1.82) is 0 Å². The van der Waals surface area contributed by atoms with Crippen molar-refractivity contribution in [3.8, 4) is 0 Å². The normalized spacial score (nSPS) is 11.7. The van der Waals surface area contributed by atoms with Crippen LogP contribution >= 0.6 is 0 Å². The van der Waals surface area contributed by atoms with E-state index in [1.54, 1.807) is 7.11 Å². The van der Waals surface area contributed by atoms with Gasteiger partial charge in [0.15, 0.2) is 11.6 Å². The second kappa shape index (κ2) is 10.6. The van der Waals surface area contributed by atoms with Gasteiger partial charge in [-0.15, -0.1) is 0 Å². The Morgan fingerprint density at radius 3 is 2.59 bits per heavy atom. The highest BCUT2D eigenvalue weighted by Crippen LogP contribution is 2.25. The molecule has 7 nitrogen and oxygen atoms in total. The van der Waals surface area contributed by atoms with E-state index < -0.39 is 23.5 Å². The second-order valence-electron chi connectivity index (χ2n) is 6.92. The number of rotatable bonds is 8. The molecule has 0 spiro atoms. The molecule has 0 unspecified atom stereocenters. The molecule has 3 aromatic rings. The van der Waals surface area contributed by atoms with Gasteiger partial charge in [0.05, 0.1) is 12.3 Å². The van der Waals surface area contributed by atoms with Crippen molar-refractivity contribution in [2.75, 3.05) is 23.9 Å². The fourth-order valence-corrected chi connectivity index (χ4v) is 2.93. The lowest BCUT2D eigenvalue weighted by Gasteiger charge is -2.23. The van der Waals surface area contributed by atoms with E-state index in [-0.39, 0.29) is 29.9 Å². The lowest BCUT2D eigenvalue weighted by Crippen LogP contribution is -2.37. The number of amides is 2. The van der Waals surface area contributed by atoms with Crippen LogP contribution in [0, 0.1) is 17.5 Å². The van der Waals surface area contributed by atoms with E-state index >= 15 is 0 Å². The number of ether oxygens (including phenoxy) is 1. The van der Waals surface area contributed by atoms with Crippen LogP contribution in [0.15, 0.2) is 54.7 Å². The highest BCUT2D eigenvalue weighted by molar-refractivity contribution is 5.98. The minimum absolute atomic E-state index is 0.0177. The second-order valence-corrected chi connectivity index (χ2v) is 6.92. The van der Waals surface area contributed by atoms with Crippen LogP contribution in [-0.2, 0) is 11.3 Å². The van der Waals surface area contributed by atoms with E-state index in [2.05, 4.69) is 20.6 Å². The fraction of sp³-hybridized carbons (Fsp3) is 0.227. The smallest absolute Gasteiger partial charge is 0.327 e. The largest absolute Gasteiger partial charge is 0.383 e. The van der Waals surface area contributed by atoms with Gasteiger partial charge in [-0.3, -0.25) is 0 Å². The van der Waals surface area contributed by atoms with Crippen LogP contribution in [0.2, 0.25) is 0 Å². The minimum atomic E-state index is -1.04. The average molecular weight is 445 g/mol. The zero-order chi connectivity index (χ0) is 23.1. The van der Waals surface area contributed by atoms with Crippen LogP contribution < -0.4 is 15.5 Å². The Morgan fingerprint density at radius 1 is 1.12 bits per heavy atom. The highest BCUT2D eigenvalue weighted by atomic mass is 19.2. The maximum absolute atomic E-state index is 14.0. The summed E-state index contributed by atoms with van der Waals surface area (Å²) >= 11 is 0. The van der Waals surface area contributed by atoms with Crippen molar-refractivity contribution in [1.82, 2.24) is 15.3 Å². The number of hydrogen-bond donors (Lipinski definition) is 2. The van der Waals surface area contributed by atoms with Gasteiger partial charge in [-0.05, 0) is 37.3 Å². The van der Waals surface area contributed by atoms with Crippen LogP contribution in [0.1, 0.15) is 12.5 Å². The van der Waals surface area contributed by atoms with Gasteiger partial charge in [0, 0.05) is 37.5 Å². The number of anilines is 3. The molecule has 3 rings (SSSR count). The number of nitrogens with zero attached hydrogens (tertiary/aromatic N) is 3. The quantitative estimate of drug-likeness (QED) is 0.538. The summed E-state index contributed by atoms with van der Waals surface area (Å²) in [5, 5.41) is 5.60. The van der Waals surface area contributed by atoms with E-state index in [1.165, 1.54) is 53.6 Å². The molecule has 0 fully saturated rings. The van der Waals surface area contributed by atoms with Crippen molar-refractivity contribution in [3.05, 3.63) is 77.7 Å². The Kier molecular flexibility index (Phi) is 7.61. The van der Waals surface area contributed by atoms with Crippen molar-refractivity contribution >= 4 is 23.5 Å². The zero-order valence-electron chi connectivity index (χ0n) is 17.5. The number of methoxy groups -OCH3 is 1. The molecule has 0 aliphatic heterocycles. The third kappa shape index (κ3) is 5.73. The fourth-order valence-electron chi connectivity index (χ4n) is 2.93. The molecule has 1 aromatic heterocycles. The maximum atomic E-state index is 14.0. The van der Waals surface area contributed by atoms with E-state index in [0.29, 0.717) is 12.3 Å². The number of benzene rings is 2. The van der Waals surface area contributed by atoms with Crippen LogP contribution in [0.5, 0.6) is 0 Å². The first-order chi connectivity index (χ1) is 15.4. The number of urea groups is 1. The number of carbonyl (C=O) groups is 1. The Hall–Kier alpha value is -3.66. The molecule has 1 heterocycles. The van der Waals surface area contributed by atoms with Gasteiger partial charge in [0.1, 0.15) is 11.6 Å². The summed E-state index contributed by atoms with van der Waals surface area (Å²) in [6.45, 7) is 2.02. The van der Waals surface area contributed by atoms with Crippen molar-refractivity contribution in [2.24, 2.45) is 0 Å². The molecule has 32 heavy (non-hydrogen) atoms. The summed E-state index contributed by atoms with van der Waals surface area (Å²) in [5.74, 6) is -2.08. The van der Waals surface area contributed by atoms with Gasteiger partial charge in [-0.2, -0.15) is 4.98 Å². The standard InChI is InChI=1S/C22H22F3N5O2/c1-14(13-32-2)28-21-26-11-10-19(29-21)30(17-8-6-16(23)7-9-17)22(31)27-12-15-4-3-5-18(24)20(15)25/h3-11,14H,12-13H2,1-2H3,(H,27,31)(H,26,28,29)/t14-/m0/s1. The Bertz CT molecular complexity index is 1070. The Labute approximate surface area is 183 Å². The monoisotopic (exact) mass is 445 g/mol. The molecule has 0 aliphatic rings. The van der Waals surface area contributed by atoms with Gasteiger partial charge in [-0.1, -0.05) is 12.1 Å². The predicted molar refractivity (Wildman–Crippen MR) is 114 cm³/mol. The van der Waals surface area contributed by atoms with Gasteiger partial charge in [-0.25, -0.2) is 27.8 Å². The Balaban J connectivity index is 1.88. The van der Waals surface area contributed by atoms with E-state index in [1.807, 2.05) is 6.92 Å². The van der Waals surface area contributed by atoms with Crippen LogP contribution in [0.25, 0.3) is 0 Å². The predicted octanol–water partition coefficient (Wildman–Crippen LogP) is 4.39. The van der Waals surface area contributed by atoms with E-state index in [4.69, 9.17) is 4.74 Å². The average Bonchev–Trinajstić information content (AvgIpc) is 2.77. The van der Waals surface area contributed by atoms with Crippen molar-refractivity contribution < 1.29 is 22.7 Å². The Morgan fingerprint density at radius 2 is 1.88 bits per heavy atom. The van der Waals surface area contributed by atoms with Gasteiger partial charge >= 0.3 is 6.03 Å². The topological polar surface area (TPSA) is 79.4 Å². The molecule has 168 valence electrons. The number of nitrogens with one attached hydrogen (secondary N) is 2. The molecule has 10 heteroatoms. The summed E-state index contributed by atoms with van der Waals surface area (Å²) in [4.78, 5) is 22.7. The van der Waals surface area contributed by atoms with Crippen molar-refractivity contribution in [2.45, 2.75) is 19.5 Å².